The molecule has 1 unspecified atom stereocenters. The van der Waals surface area contributed by atoms with Crippen LogP contribution in [0.1, 0.15) is 0 Å². The molecule has 0 aromatic heterocycles. The molecular formula is C10H13NO3S. The molecule has 1 aliphatic rings. The lowest BCUT2D eigenvalue weighted by atomic mass is 10.3. The van der Waals surface area contributed by atoms with Gasteiger partial charge in [0.05, 0.1) is 6.10 Å². The summed E-state index contributed by atoms with van der Waals surface area (Å²) in [5, 5.41) is 9.31. The average Bonchev–Trinajstić information content (AvgIpc) is 2.72. The standard InChI is InChI=1S/C10H13NO3S/c11-4-7(12)5-15-8-1-2-9-10(3-8)14-6-13-9/h1-3,7,12H,4-6,11H2. The molecule has 1 heterocycles. The SMILES string of the molecule is NCC(O)CSc1ccc2c(c1)OCO2. The van der Waals surface area contributed by atoms with E-state index in [0.717, 1.165) is 16.4 Å². The van der Waals surface area contributed by atoms with Gasteiger partial charge in [0, 0.05) is 17.2 Å². The topological polar surface area (TPSA) is 64.7 Å². The van der Waals surface area contributed by atoms with Gasteiger partial charge in [0.15, 0.2) is 11.5 Å². The van der Waals surface area contributed by atoms with E-state index in [9.17, 15) is 5.11 Å². The largest absolute Gasteiger partial charge is 0.454 e. The molecule has 0 spiro atoms. The summed E-state index contributed by atoms with van der Waals surface area (Å²) in [5.41, 5.74) is 5.32. The quantitative estimate of drug-likeness (QED) is 0.746. The predicted octanol–water partition coefficient (Wildman–Crippen LogP) is 0.827. The minimum atomic E-state index is -0.458. The van der Waals surface area contributed by atoms with E-state index in [2.05, 4.69) is 0 Å². The third kappa shape index (κ3) is 2.56. The maximum atomic E-state index is 9.31. The Hall–Kier alpha value is -0.910. The molecule has 3 N–H and O–H groups in total. The predicted molar refractivity (Wildman–Crippen MR) is 58.4 cm³/mol. The average molecular weight is 227 g/mol. The van der Waals surface area contributed by atoms with Crippen molar-refractivity contribution in [1.29, 1.82) is 0 Å². The van der Waals surface area contributed by atoms with Crippen molar-refractivity contribution in [3.05, 3.63) is 18.2 Å². The van der Waals surface area contributed by atoms with Crippen LogP contribution in [0.2, 0.25) is 0 Å². The molecule has 0 fully saturated rings. The molecule has 0 radical (unpaired) electrons. The minimum absolute atomic E-state index is 0.287. The lowest BCUT2D eigenvalue weighted by molar-refractivity contribution is 0.174. The third-order valence-electron chi connectivity index (χ3n) is 2.06. The number of nitrogens with two attached hydrogens (primary N) is 1. The summed E-state index contributed by atoms with van der Waals surface area (Å²) in [4.78, 5) is 1.05. The zero-order valence-electron chi connectivity index (χ0n) is 8.18. The molecule has 2 rings (SSSR count). The Bertz CT molecular complexity index is 345. The smallest absolute Gasteiger partial charge is 0.231 e. The Kier molecular flexibility index (Phi) is 3.35. The summed E-state index contributed by atoms with van der Waals surface area (Å²) >= 11 is 1.55. The van der Waals surface area contributed by atoms with E-state index in [0.29, 0.717) is 5.75 Å². The molecule has 5 heteroatoms. The van der Waals surface area contributed by atoms with Crippen molar-refractivity contribution >= 4 is 11.8 Å². The van der Waals surface area contributed by atoms with Crippen LogP contribution in [-0.4, -0.2) is 30.3 Å². The normalized spacial score (nSPS) is 15.3. The van der Waals surface area contributed by atoms with E-state index in [1.54, 1.807) is 11.8 Å². The van der Waals surface area contributed by atoms with Gasteiger partial charge >= 0.3 is 0 Å². The Morgan fingerprint density at radius 1 is 1.40 bits per heavy atom. The Labute approximate surface area is 92.4 Å². The fourth-order valence-corrected chi connectivity index (χ4v) is 2.10. The molecule has 0 bridgehead atoms. The van der Waals surface area contributed by atoms with E-state index in [1.807, 2.05) is 18.2 Å². The fraction of sp³-hybridized carbons (Fsp3) is 0.400. The van der Waals surface area contributed by atoms with Crippen molar-refractivity contribution in [2.24, 2.45) is 5.73 Å². The van der Waals surface area contributed by atoms with Crippen molar-refractivity contribution in [2.75, 3.05) is 19.1 Å². The van der Waals surface area contributed by atoms with Gasteiger partial charge in [-0.15, -0.1) is 11.8 Å². The van der Waals surface area contributed by atoms with Crippen LogP contribution < -0.4 is 15.2 Å². The molecule has 1 aromatic carbocycles. The van der Waals surface area contributed by atoms with E-state index >= 15 is 0 Å². The summed E-state index contributed by atoms with van der Waals surface area (Å²) in [5.74, 6) is 2.14. The summed E-state index contributed by atoms with van der Waals surface area (Å²) in [6, 6.07) is 5.73. The van der Waals surface area contributed by atoms with Crippen LogP contribution in [-0.2, 0) is 0 Å². The Balaban J connectivity index is 1.98. The van der Waals surface area contributed by atoms with Gasteiger partial charge in [-0.05, 0) is 18.2 Å². The number of hydrogen-bond acceptors (Lipinski definition) is 5. The van der Waals surface area contributed by atoms with Gasteiger partial charge in [0.1, 0.15) is 0 Å². The summed E-state index contributed by atoms with van der Waals surface area (Å²) in [6.45, 7) is 0.576. The van der Waals surface area contributed by atoms with Gasteiger partial charge in [0.25, 0.3) is 0 Å². The molecule has 0 saturated heterocycles. The summed E-state index contributed by atoms with van der Waals surface area (Å²) in [7, 11) is 0. The number of thioether (sulfide) groups is 1. The van der Waals surface area contributed by atoms with Gasteiger partial charge in [-0.25, -0.2) is 0 Å². The molecule has 15 heavy (non-hydrogen) atoms. The molecule has 0 aliphatic carbocycles. The van der Waals surface area contributed by atoms with Crippen molar-refractivity contribution in [1.82, 2.24) is 0 Å². The van der Waals surface area contributed by atoms with Crippen molar-refractivity contribution in [3.63, 3.8) is 0 Å². The van der Waals surface area contributed by atoms with Gasteiger partial charge in [-0.1, -0.05) is 0 Å². The first kappa shape index (κ1) is 10.6. The highest BCUT2D eigenvalue weighted by Crippen LogP contribution is 2.35. The van der Waals surface area contributed by atoms with Crippen LogP contribution in [0, 0.1) is 0 Å². The number of fused-ring (bicyclic) bond motifs is 1. The fourth-order valence-electron chi connectivity index (χ4n) is 1.23. The molecule has 4 nitrogen and oxygen atoms in total. The van der Waals surface area contributed by atoms with Gasteiger partial charge < -0.3 is 20.3 Å². The Morgan fingerprint density at radius 3 is 3.00 bits per heavy atom. The molecule has 82 valence electrons. The van der Waals surface area contributed by atoms with Gasteiger partial charge in [0.2, 0.25) is 6.79 Å². The van der Waals surface area contributed by atoms with Crippen LogP contribution in [0.3, 0.4) is 0 Å². The van der Waals surface area contributed by atoms with Crippen LogP contribution >= 0.6 is 11.8 Å². The first-order chi connectivity index (χ1) is 7.29. The minimum Gasteiger partial charge on any atom is -0.454 e. The third-order valence-corrected chi connectivity index (χ3v) is 3.20. The molecule has 1 atom stereocenters. The lowest BCUT2D eigenvalue weighted by Crippen LogP contribution is -2.21. The second-order valence-electron chi connectivity index (χ2n) is 3.22. The first-order valence-electron chi connectivity index (χ1n) is 4.70. The first-order valence-corrected chi connectivity index (χ1v) is 5.68. The van der Waals surface area contributed by atoms with Crippen LogP contribution in [0.25, 0.3) is 0 Å². The van der Waals surface area contributed by atoms with Crippen molar-refractivity contribution in [3.8, 4) is 11.5 Å². The molecule has 0 amide bonds. The highest BCUT2D eigenvalue weighted by molar-refractivity contribution is 7.99. The maximum absolute atomic E-state index is 9.31. The van der Waals surface area contributed by atoms with Gasteiger partial charge in [-0.3, -0.25) is 0 Å². The summed E-state index contributed by atoms with van der Waals surface area (Å²) < 4.78 is 10.4. The highest BCUT2D eigenvalue weighted by Gasteiger charge is 2.13. The Morgan fingerprint density at radius 2 is 2.20 bits per heavy atom. The molecule has 1 aliphatic heterocycles. The van der Waals surface area contributed by atoms with E-state index < -0.39 is 6.10 Å². The monoisotopic (exact) mass is 227 g/mol. The number of ether oxygens (including phenoxy) is 2. The number of hydrogen-bond donors (Lipinski definition) is 2. The summed E-state index contributed by atoms with van der Waals surface area (Å²) in [6.07, 6.45) is -0.458. The van der Waals surface area contributed by atoms with Crippen LogP contribution in [0.4, 0.5) is 0 Å². The number of rotatable bonds is 4. The molecule has 1 aromatic rings. The number of aliphatic hydroxyl groups excluding tert-OH is 1. The van der Waals surface area contributed by atoms with Crippen molar-refractivity contribution in [2.45, 2.75) is 11.0 Å². The van der Waals surface area contributed by atoms with E-state index in [1.165, 1.54) is 0 Å². The van der Waals surface area contributed by atoms with E-state index in [-0.39, 0.29) is 13.3 Å². The zero-order chi connectivity index (χ0) is 10.7. The van der Waals surface area contributed by atoms with Gasteiger partial charge in [-0.2, -0.15) is 0 Å². The molecule has 0 saturated carbocycles. The number of aliphatic hydroxyl groups is 1. The second-order valence-corrected chi connectivity index (χ2v) is 4.31. The highest BCUT2D eigenvalue weighted by atomic mass is 32.2. The number of benzene rings is 1. The zero-order valence-corrected chi connectivity index (χ0v) is 9.00. The lowest BCUT2D eigenvalue weighted by Gasteiger charge is -2.07. The van der Waals surface area contributed by atoms with Crippen LogP contribution in [0.15, 0.2) is 23.1 Å². The van der Waals surface area contributed by atoms with Crippen LogP contribution in [0.5, 0.6) is 11.5 Å². The molecular weight excluding hydrogens is 214 g/mol. The second kappa shape index (κ2) is 4.74. The van der Waals surface area contributed by atoms with Crippen molar-refractivity contribution < 1.29 is 14.6 Å². The maximum Gasteiger partial charge on any atom is 0.231 e. The van der Waals surface area contributed by atoms with E-state index in [4.69, 9.17) is 15.2 Å².